The number of hydrogen-bond acceptors (Lipinski definition) is 6. The molecule has 3 unspecified atom stereocenters. The van der Waals surface area contributed by atoms with Gasteiger partial charge < -0.3 is 15.2 Å². The van der Waals surface area contributed by atoms with E-state index in [1.165, 1.54) is 17.4 Å². The second-order valence-electron chi connectivity index (χ2n) is 8.75. The minimum absolute atomic E-state index is 0.00133. The summed E-state index contributed by atoms with van der Waals surface area (Å²) < 4.78 is 20.1. The molecule has 1 fully saturated rings. The zero-order valence-corrected chi connectivity index (χ0v) is 18.8. The second-order valence-corrected chi connectivity index (χ2v) is 9.46. The van der Waals surface area contributed by atoms with Crippen molar-refractivity contribution in [3.05, 3.63) is 51.7 Å². The van der Waals surface area contributed by atoms with Gasteiger partial charge in [0.15, 0.2) is 0 Å². The first-order valence-electron chi connectivity index (χ1n) is 10.9. The van der Waals surface area contributed by atoms with Gasteiger partial charge in [-0.05, 0) is 49.9 Å². The molecule has 31 heavy (non-hydrogen) atoms. The number of amides is 1. The molecule has 1 saturated heterocycles. The van der Waals surface area contributed by atoms with E-state index in [1.807, 2.05) is 11.4 Å². The van der Waals surface area contributed by atoms with Gasteiger partial charge in [0.05, 0.1) is 35.4 Å². The minimum atomic E-state index is -0.589. The number of ether oxygens (including phenoxy) is 1. The lowest BCUT2D eigenvalue weighted by Gasteiger charge is -2.43. The first-order chi connectivity index (χ1) is 14.9. The smallest absolute Gasteiger partial charge is 0.225 e. The summed E-state index contributed by atoms with van der Waals surface area (Å²) in [6.07, 6.45) is 1.51. The lowest BCUT2D eigenvalue weighted by Crippen LogP contribution is -2.52. The molecule has 1 amide bonds. The van der Waals surface area contributed by atoms with Crippen LogP contribution >= 0.6 is 11.3 Å². The number of piperidine rings is 1. The third-order valence-corrected chi connectivity index (χ3v) is 7.29. The van der Waals surface area contributed by atoms with Crippen LogP contribution in [0.5, 0.6) is 0 Å². The topological polar surface area (TPSA) is 74.7 Å². The molecule has 168 valence electrons. The number of hydrogen-bond donors (Lipinski definition) is 2. The van der Waals surface area contributed by atoms with Gasteiger partial charge in [-0.3, -0.25) is 9.69 Å². The number of aromatic nitrogens is 1. The summed E-state index contributed by atoms with van der Waals surface area (Å²) in [7, 11) is 0. The van der Waals surface area contributed by atoms with E-state index in [2.05, 4.69) is 22.1 Å². The molecule has 1 aromatic heterocycles. The first-order valence-corrected chi connectivity index (χ1v) is 11.8. The van der Waals surface area contributed by atoms with Gasteiger partial charge in [0.1, 0.15) is 5.82 Å². The van der Waals surface area contributed by atoms with E-state index in [0.717, 1.165) is 42.8 Å². The van der Waals surface area contributed by atoms with E-state index < -0.39 is 11.7 Å². The number of benzene rings is 1. The van der Waals surface area contributed by atoms with Crippen molar-refractivity contribution in [3.63, 3.8) is 0 Å². The maximum Gasteiger partial charge on any atom is 0.225 e. The quantitative estimate of drug-likeness (QED) is 0.683. The summed E-state index contributed by atoms with van der Waals surface area (Å²) in [5, 5.41) is 14.4. The normalized spacial score (nSPS) is 20.9. The fraction of sp³-hybridized carbons (Fsp3) is 0.565. The number of nitrogens with one attached hydrogen (secondary N) is 1. The van der Waals surface area contributed by atoms with E-state index in [-0.39, 0.29) is 30.2 Å². The zero-order valence-electron chi connectivity index (χ0n) is 18.0. The molecule has 2 aliphatic heterocycles. The lowest BCUT2D eigenvalue weighted by molar-refractivity contribution is -0.129. The molecular formula is C23H30FN3O3S. The van der Waals surface area contributed by atoms with Crippen molar-refractivity contribution in [2.45, 2.75) is 57.5 Å². The van der Waals surface area contributed by atoms with Crippen molar-refractivity contribution in [2.24, 2.45) is 5.92 Å². The van der Waals surface area contributed by atoms with Gasteiger partial charge in [-0.1, -0.05) is 6.07 Å². The Kier molecular flexibility index (Phi) is 6.71. The van der Waals surface area contributed by atoms with Crippen LogP contribution in [0.2, 0.25) is 0 Å². The standard InChI is InChI=1S/C23H30FN3O3S/c1-15(28)11-25-22(29)20(10-19-13-31-14-26-19)16(2)27-7-5-23(6-8-27)21-9-18(24)4-3-17(21)12-30-23/h3-4,9,13-16,20,28H,5-8,10-12H2,1-2H3,(H,25,29). The molecule has 0 bridgehead atoms. The molecule has 3 heterocycles. The minimum Gasteiger partial charge on any atom is -0.392 e. The Labute approximate surface area is 186 Å². The van der Waals surface area contributed by atoms with Crippen LogP contribution in [-0.2, 0) is 28.2 Å². The van der Waals surface area contributed by atoms with Crippen LogP contribution in [0.4, 0.5) is 4.39 Å². The van der Waals surface area contributed by atoms with Crippen molar-refractivity contribution >= 4 is 17.2 Å². The van der Waals surface area contributed by atoms with Gasteiger partial charge in [-0.2, -0.15) is 0 Å². The van der Waals surface area contributed by atoms with Crippen LogP contribution in [0.15, 0.2) is 29.1 Å². The summed E-state index contributed by atoms with van der Waals surface area (Å²) in [6, 6.07) is 4.94. The van der Waals surface area contributed by atoms with Crippen LogP contribution in [0.3, 0.4) is 0 Å². The van der Waals surface area contributed by atoms with Crippen LogP contribution in [-0.4, -0.2) is 52.7 Å². The van der Waals surface area contributed by atoms with E-state index in [9.17, 15) is 14.3 Å². The number of carbonyl (C=O) groups excluding carboxylic acids is 1. The number of nitrogens with zero attached hydrogens (tertiary/aromatic N) is 2. The Morgan fingerprint density at radius 3 is 2.84 bits per heavy atom. The monoisotopic (exact) mass is 447 g/mol. The van der Waals surface area contributed by atoms with Crippen molar-refractivity contribution in [2.75, 3.05) is 19.6 Å². The van der Waals surface area contributed by atoms with Gasteiger partial charge in [-0.25, -0.2) is 9.37 Å². The second kappa shape index (κ2) is 9.32. The van der Waals surface area contributed by atoms with Crippen LogP contribution < -0.4 is 5.32 Å². The lowest BCUT2D eigenvalue weighted by atomic mass is 9.82. The number of halogens is 1. The molecule has 2 aromatic rings. The highest BCUT2D eigenvalue weighted by atomic mass is 32.1. The molecule has 8 heteroatoms. The number of likely N-dealkylation sites (tertiary alicyclic amines) is 1. The predicted molar refractivity (Wildman–Crippen MR) is 117 cm³/mol. The Hall–Kier alpha value is -1.87. The molecule has 6 nitrogen and oxygen atoms in total. The Morgan fingerprint density at radius 1 is 1.39 bits per heavy atom. The first kappa shape index (κ1) is 22.3. The fourth-order valence-electron chi connectivity index (χ4n) is 4.78. The van der Waals surface area contributed by atoms with Crippen LogP contribution in [0.25, 0.3) is 0 Å². The molecule has 2 N–H and O–H groups in total. The van der Waals surface area contributed by atoms with Gasteiger partial charge in [-0.15, -0.1) is 11.3 Å². The van der Waals surface area contributed by atoms with E-state index in [4.69, 9.17) is 4.74 Å². The van der Waals surface area contributed by atoms with Crippen molar-refractivity contribution < 1.29 is 19.0 Å². The molecule has 1 aromatic carbocycles. The summed E-state index contributed by atoms with van der Waals surface area (Å²) in [5.41, 5.74) is 4.32. The van der Waals surface area contributed by atoms with E-state index >= 15 is 0 Å². The SMILES string of the molecule is CC(O)CNC(=O)C(Cc1cscn1)C(C)N1CCC2(CC1)OCc1ccc(F)cc12. The largest absolute Gasteiger partial charge is 0.392 e. The van der Waals surface area contributed by atoms with Gasteiger partial charge in [0.25, 0.3) is 0 Å². The molecular weight excluding hydrogens is 417 g/mol. The maximum absolute atomic E-state index is 13.9. The summed E-state index contributed by atoms with van der Waals surface area (Å²) in [5.74, 6) is -0.562. The van der Waals surface area contributed by atoms with Gasteiger partial charge in [0, 0.05) is 37.5 Å². The average Bonchev–Trinajstić information content (AvgIpc) is 3.39. The molecule has 3 atom stereocenters. The van der Waals surface area contributed by atoms with Crippen LogP contribution in [0.1, 0.15) is 43.5 Å². The Bertz CT molecular complexity index is 897. The molecule has 4 rings (SSSR count). The number of thiazole rings is 1. The summed E-state index contributed by atoms with van der Waals surface area (Å²) in [4.78, 5) is 19.7. The number of rotatable bonds is 7. The number of carbonyl (C=O) groups is 1. The highest BCUT2D eigenvalue weighted by Crippen LogP contribution is 2.44. The average molecular weight is 448 g/mol. The third-order valence-electron chi connectivity index (χ3n) is 6.65. The summed E-state index contributed by atoms with van der Waals surface area (Å²) >= 11 is 1.52. The van der Waals surface area contributed by atoms with Gasteiger partial charge in [0.2, 0.25) is 5.91 Å². The Morgan fingerprint density at radius 2 is 2.16 bits per heavy atom. The number of fused-ring (bicyclic) bond motifs is 2. The zero-order chi connectivity index (χ0) is 22.0. The van der Waals surface area contributed by atoms with Gasteiger partial charge >= 0.3 is 0 Å². The molecule has 0 saturated carbocycles. The molecule has 0 radical (unpaired) electrons. The van der Waals surface area contributed by atoms with E-state index in [1.54, 1.807) is 18.5 Å². The molecule has 2 aliphatic rings. The van der Waals surface area contributed by atoms with Crippen LogP contribution in [0, 0.1) is 11.7 Å². The summed E-state index contributed by atoms with van der Waals surface area (Å²) in [6.45, 7) is 6.05. The van der Waals surface area contributed by atoms with E-state index in [0.29, 0.717) is 13.0 Å². The number of aliphatic hydroxyl groups is 1. The highest BCUT2D eigenvalue weighted by molar-refractivity contribution is 7.07. The molecule has 1 spiro atoms. The van der Waals surface area contributed by atoms with Crippen molar-refractivity contribution in [1.82, 2.24) is 15.2 Å². The maximum atomic E-state index is 13.9. The number of aliphatic hydroxyl groups excluding tert-OH is 1. The predicted octanol–water partition coefficient (Wildman–Crippen LogP) is 2.85. The Balaban J connectivity index is 1.45. The van der Waals surface area contributed by atoms with Crippen molar-refractivity contribution in [3.8, 4) is 0 Å². The highest BCUT2D eigenvalue weighted by Gasteiger charge is 2.44. The molecule has 0 aliphatic carbocycles. The van der Waals surface area contributed by atoms with Crippen molar-refractivity contribution in [1.29, 1.82) is 0 Å². The third kappa shape index (κ3) is 4.82. The fourth-order valence-corrected chi connectivity index (χ4v) is 5.35.